The number of aliphatic hydroxyl groups is 1. The van der Waals surface area contributed by atoms with Gasteiger partial charge in [-0.2, -0.15) is 0 Å². The summed E-state index contributed by atoms with van der Waals surface area (Å²) in [5.74, 6) is -4.20. The second-order valence-electron chi connectivity index (χ2n) is 11.5. The lowest BCUT2D eigenvalue weighted by Gasteiger charge is -2.38. The third-order valence-corrected chi connectivity index (χ3v) is 9.24. The van der Waals surface area contributed by atoms with E-state index in [0.717, 1.165) is 0 Å². The van der Waals surface area contributed by atoms with Gasteiger partial charge in [0.1, 0.15) is 28.1 Å². The number of ketones is 2. The van der Waals surface area contributed by atoms with Gasteiger partial charge in [-0.15, -0.1) is 0 Å². The quantitative estimate of drug-likeness (QED) is 0.344. The molecule has 2 aliphatic heterocycles. The van der Waals surface area contributed by atoms with E-state index in [9.17, 15) is 24.3 Å². The van der Waals surface area contributed by atoms with Crippen molar-refractivity contribution in [2.75, 3.05) is 21.0 Å². The van der Waals surface area contributed by atoms with Gasteiger partial charge in [0.05, 0.1) is 14.2 Å². The first-order chi connectivity index (χ1) is 21.4. The second-order valence-corrected chi connectivity index (χ2v) is 11.8. The van der Waals surface area contributed by atoms with Gasteiger partial charge in [-0.1, -0.05) is 44.9 Å². The van der Waals surface area contributed by atoms with Crippen LogP contribution in [0.4, 0.5) is 0 Å². The maximum absolute atomic E-state index is 14.3. The number of primary amides is 1. The van der Waals surface area contributed by atoms with E-state index in [0.29, 0.717) is 23.5 Å². The number of carbonyl (C=O) groups excluding carboxylic acids is 4. The van der Waals surface area contributed by atoms with Crippen molar-refractivity contribution in [3.8, 4) is 28.7 Å². The largest absolute Gasteiger partial charge is 0.507 e. The molecule has 2 amide bonds. The normalized spacial score (nSPS) is 22.0. The molecule has 2 aromatic rings. The number of amides is 2. The molecule has 1 aliphatic carbocycles. The Balaban J connectivity index is 1.65. The van der Waals surface area contributed by atoms with E-state index in [-0.39, 0.29) is 59.0 Å². The van der Waals surface area contributed by atoms with E-state index in [2.05, 4.69) is 5.32 Å². The third kappa shape index (κ3) is 5.20. The Morgan fingerprint density at radius 1 is 1.16 bits per heavy atom. The van der Waals surface area contributed by atoms with E-state index in [1.807, 2.05) is 6.92 Å². The topological polar surface area (TPSA) is 173 Å². The Kier molecular flexibility index (Phi) is 8.63. The Labute approximate surface area is 264 Å². The van der Waals surface area contributed by atoms with Gasteiger partial charge in [0.2, 0.25) is 30.0 Å². The minimum Gasteiger partial charge on any atom is -0.507 e. The van der Waals surface area contributed by atoms with Crippen LogP contribution in [0.3, 0.4) is 0 Å². The van der Waals surface area contributed by atoms with Crippen molar-refractivity contribution in [1.29, 1.82) is 0 Å². The highest BCUT2D eigenvalue weighted by Gasteiger charge is 2.61. The average molecular weight is 643 g/mol. The van der Waals surface area contributed by atoms with E-state index in [1.54, 1.807) is 32.0 Å². The number of ether oxygens (including phenoxy) is 5. The van der Waals surface area contributed by atoms with Crippen LogP contribution in [-0.2, 0) is 14.4 Å². The molecule has 0 bridgehead atoms. The summed E-state index contributed by atoms with van der Waals surface area (Å²) in [6.07, 6.45) is -0.00867. The molecule has 0 aromatic heterocycles. The molecule has 1 unspecified atom stereocenters. The molecule has 12 nitrogen and oxygen atoms in total. The number of benzene rings is 2. The van der Waals surface area contributed by atoms with Gasteiger partial charge >= 0.3 is 0 Å². The number of fused-ring (bicyclic) bond motifs is 2. The molecule has 45 heavy (non-hydrogen) atoms. The molecule has 0 saturated carbocycles. The fraction of sp³-hybridized carbons (Fsp3) is 0.438. The van der Waals surface area contributed by atoms with Crippen molar-refractivity contribution in [3.05, 3.63) is 51.7 Å². The smallest absolute Gasteiger partial charge is 0.240 e. The van der Waals surface area contributed by atoms with Crippen molar-refractivity contribution in [1.82, 2.24) is 5.32 Å². The Morgan fingerprint density at radius 2 is 1.84 bits per heavy atom. The van der Waals surface area contributed by atoms with Crippen LogP contribution in [0.25, 0.3) is 0 Å². The molecule has 0 saturated heterocycles. The Hall–Kier alpha value is -4.45. The minimum absolute atomic E-state index is 0.00814. The molecule has 5 atom stereocenters. The summed E-state index contributed by atoms with van der Waals surface area (Å²) >= 11 is 6.57. The Bertz CT molecular complexity index is 1620. The zero-order valence-electron chi connectivity index (χ0n) is 25.5. The zero-order chi connectivity index (χ0) is 32.8. The summed E-state index contributed by atoms with van der Waals surface area (Å²) in [5, 5.41) is 14.7. The monoisotopic (exact) mass is 642 g/mol. The maximum atomic E-state index is 14.3. The summed E-state index contributed by atoms with van der Waals surface area (Å²) in [6, 6.07) is 5.35. The molecule has 2 aromatic carbocycles. The first-order valence-corrected chi connectivity index (χ1v) is 14.9. The van der Waals surface area contributed by atoms with Crippen LogP contribution in [0.15, 0.2) is 35.6 Å². The highest BCUT2D eigenvalue weighted by Crippen LogP contribution is 2.56. The van der Waals surface area contributed by atoms with Crippen LogP contribution in [0.2, 0.25) is 5.02 Å². The van der Waals surface area contributed by atoms with Gasteiger partial charge in [0, 0.05) is 36.3 Å². The van der Waals surface area contributed by atoms with Crippen LogP contribution in [-0.4, -0.2) is 61.1 Å². The summed E-state index contributed by atoms with van der Waals surface area (Å²) in [5.41, 5.74) is 3.76. The summed E-state index contributed by atoms with van der Waals surface area (Å²) < 4.78 is 28.0. The number of nitrogens with one attached hydrogen (secondary N) is 1. The lowest BCUT2D eigenvalue weighted by atomic mass is 9.69. The molecule has 1 spiro atoms. The van der Waals surface area contributed by atoms with Crippen molar-refractivity contribution in [3.63, 3.8) is 0 Å². The molecule has 4 N–H and O–H groups in total. The molecule has 240 valence electrons. The number of aliphatic hydroxyl groups excluding tert-OH is 1. The summed E-state index contributed by atoms with van der Waals surface area (Å²) in [4.78, 5) is 53.8. The highest BCUT2D eigenvalue weighted by molar-refractivity contribution is 6.35. The third-order valence-electron chi connectivity index (χ3n) is 8.88. The molecule has 13 heteroatoms. The van der Waals surface area contributed by atoms with E-state index in [1.165, 1.54) is 20.3 Å². The van der Waals surface area contributed by atoms with Gasteiger partial charge in [-0.25, -0.2) is 0 Å². The number of Topliss-reactive ketones (excluding diaryl/α,β-unsaturated/α-hetero) is 2. The lowest BCUT2D eigenvalue weighted by molar-refractivity contribution is -0.128. The van der Waals surface area contributed by atoms with Gasteiger partial charge < -0.3 is 39.8 Å². The molecule has 5 rings (SSSR count). The lowest BCUT2D eigenvalue weighted by Crippen LogP contribution is -2.53. The van der Waals surface area contributed by atoms with Gasteiger partial charge in [-0.05, 0) is 23.6 Å². The molecule has 2 heterocycles. The van der Waals surface area contributed by atoms with E-state index in [4.69, 9.17) is 41.0 Å². The van der Waals surface area contributed by atoms with Crippen molar-refractivity contribution in [2.45, 2.75) is 57.6 Å². The average Bonchev–Trinajstić information content (AvgIpc) is 3.61. The number of methoxy groups -OCH3 is 2. The predicted molar refractivity (Wildman–Crippen MR) is 161 cm³/mol. The van der Waals surface area contributed by atoms with Crippen LogP contribution in [0.1, 0.15) is 61.9 Å². The SMILES string of the molecule is CC[C@H](C)[C@H](NC(=O)CC(C1=C(O)[C@@]2(Oc3c(Cl)c(OC)cc(OC)c3C2=O)[C@H](C)CC1=O)c1ccc2c(c1)OCO2)C(N)=O. The maximum Gasteiger partial charge on any atom is 0.240 e. The van der Waals surface area contributed by atoms with E-state index >= 15 is 0 Å². The van der Waals surface area contributed by atoms with Crippen molar-refractivity contribution >= 4 is 35.0 Å². The second kappa shape index (κ2) is 12.2. The van der Waals surface area contributed by atoms with Crippen LogP contribution in [0, 0.1) is 11.8 Å². The number of hydrogen-bond donors (Lipinski definition) is 3. The standard InChI is InChI=1S/C32H35ClN2O10/c1-6-14(2)27(31(34)40)35-23(37)11-17(16-7-8-19-20(10-16)44-13-43-19)24-18(36)9-15(3)32(29(24)38)30(39)25-21(41-4)12-22(42-5)26(33)28(25)45-32/h7-8,10,12,14-15,17,27,38H,6,9,11,13H2,1-5H3,(H2,34,40)(H,35,37)/t14-,15+,17?,27-,32-/m0/s1. The first kappa shape index (κ1) is 32.0. The Morgan fingerprint density at radius 3 is 2.49 bits per heavy atom. The molecular formula is C32H35ClN2O10. The van der Waals surface area contributed by atoms with E-state index < -0.39 is 52.6 Å². The van der Waals surface area contributed by atoms with Crippen molar-refractivity contribution < 1.29 is 48.0 Å². The number of halogens is 1. The predicted octanol–water partition coefficient (Wildman–Crippen LogP) is 4.01. The summed E-state index contributed by atoms with van der Waals surface area (Å²) in [7, 11) is 2.76. The molecule has 3 aliphatic rings. The minimum atomic E-state index is -2.05. The zero-order valence-corrected chi connectivity index (χ0v) is 26.3. The number of hydrogen-bond acceptors (Lipinski definition) is 10. The van der Waals surface area contributed by atoms with Gasteiger partial charge in [-0.3, -0.25) is 19.2 Å². The van der Waals surface area contributed by atoms with Crippen molar-refractivity contribution in [2.24, 2.45) is 17.6 Å². The molecule has 0 fully saturated rings. The number of rotatable bonds is 10. The van der Waals surface area contributed by atoms with Gasteiger partial charge in [0.15, 0.2) is 28.8 Å². The first-order valence-electron chi connectivity index (χ1n) is 14.5. The highest BCUT2D eigenvalue weighted by atomic mass is 35.5. The van der Waals surface area contributed by atoms with Gasteiger partial charge in [0.25, 0.3) is 0 Å². The fourth-order valence-corrected chi connectivity index (χ4v) is 6.47. The molecule has 0 radical (unpaired) electrons. The van der Waals surface area contributed by atoms with Crippen LogP contribution < -0.4 is 34.7 Å². The van der Waals surface area contributed by atoms with Crippen LogP contribution in [0.5, 0.6) is 28.7 Å². The van der Waals surface area contributed by atoms with Crippen LogP contribution >= 0.6 is 11.6 Å². The number of allylic oxidation sites excluding steroid dienone is 1. The summed E-state index contributed by atoms with van der Waals surface area (Å²) in [6.45, 7) is 5.24. The number of nitrogens with two attached hydrogens (primary N) is 1. The molecular weight excluding hydrogens is 608 g/mol. The fourth-order valence-electron chi connectivity index (χ4n) is 6.20. The number of carbonyl (C=O) groups is 4.